The van der Waals surface area contributed by atoms with Crippen LogP contribution in [0.3, 0.4) is 0 Å². The maximum atomic E-state index is 11.3. The number of methoxy groups -OCH3 is 1. The Kier molecular flexibility index (Phi) is 6.72. The van der Waals surface area contributed by atoms with Crippen LogP contribution in [0.15, 0.2) is 0 Å². The third-order valence-corrected chi connectivity index (χ3v) is 3.09. The molecule has 17 heavy (non-hydrogen) atoms. The van der Waals surface area contributed by atoms with Crippen LogP contribution in [0.25, 0.3) is 0 Å². The minimum Gasteiger partial charge on any atom is -0.468 e. The Morgan fingerprint density at radius 3 is 2.29 bits per heavy atom. The number of nitrogens with two attached hydrogens (primary N) is 1. The van der Waals surface area contributed by atoms with Crippen LogP contribution in [0.1, 0.15) is 53.4 Å². The molecule has 1 unspecified atom stereocenters. The molecule has 0 fully saturated rings. The second-order valence-corrected chi connectivity index (χ2v) is 5.33. The molecule has 0 aliphatic carbocycles. The summed E-state index contributed by atoms with van der Waals surface area (Å²) < 4.78 is 10.4. The van der Waals surface area contributed by atoms with E-state index in [1.165, 1.54) is 7.11 Å². The van der Waals surface area contributed by atoms with Crippen LogP contribution in [0.5, 0.6) is 0 Å². The Labute approximate surface area is 105 Å². The molecule has 0 heterocycles. The summed E-state index contributed by atoms with van der Waals surface area (Å²) >= 11 is 0. The Bertz CT molecular complexity index is 237. The third kappa shape index (κ3) is 6.64. The first-order valence-corrected chi connectivity index (χ1v) is 6.26. The average molecular weight is 245 g/mol. The van der Waals surface area contributed by atoms with Gasteiger partial charge in [0, 0.05) is 6.61 Å². The van der Waals surface area contributed by atoms with Crippen LogP contribution in [0.4, 0.5) is 0 Å². The fraction of sp³-hybridized carbons (Fsp3) is 0.923. The number of hydrogen-bond acceptors (Lipinski definition) is 4. The van der Waals surface area contributed by atoms with Gasteiger partial charge in [-0.2, -0.15) is 0 Å². The van der Waals surface area contributed by atoms with Gasteiger partial charge in [-0.05, 0) is 46.5 Å². The van der Waals surface area contributed by atoms with Gasteiger partial charge in [-0.15, -0.1) is 0 Å². The minimum absolute atomic E-state index is 0.0611. The maximum absolute atomic E-state index is 11.3. The van der Waals surface area contributed by atoms with Crippen molar-refractivity contribution >= 4 is 5.97 Å². The number of carbonyl (C=O) groups excluding carboxylic acids is 1. The maximum Gasteiger partial charge on any atom is 0.325 e. The van der Waals surface area contributed by atoms with E-state index in [2.05, 4.69) is 25.5 Å². The molecule has 0 bridgehead atoms. The zero-order chi connectivity index (χ0) is 13.5. The first-order chi connectivity index (χ1) is 7.75. The molecule has 1 atom stereocenters. The Balaban J connectivity index is 3.75. The predicted octanol–water partition coefficient (Wildman–Crippen LogP) is 2.25. The molecule has 0 spiro atoms. The molecule has 4 heteroatoms. The molecular weight excluding hydrogens is 218 g/mol. The van der Waals surface area contributed by atoms with E-state index in [1.54, 1.807) is 6.92 Å². The highest BCUT2D eigenvalue weighted by Crippen LogP contribution is 2.16. The first kappa shape index (κ1) is 16.4. The highest BCUT2D eigenvalue weighted by Gasteiger charge is 2.28. The lowest BCUT2D eigenvalue weighted by Crippen LogP contribution is -2.45. The van der Waals surface area contributed by atoms with E-state index >= 15 is 0 Å². The van der Waals surface area contributed by atoms with Gasteiger partial charge in [-0.3, -0.25) is 4.79 Å². The number of rotatable bonds is 8. The van der Waals surface area contributed by atoms with Crippen molar-refractivity contribution in [3.63, 3.8) is 0 Å². The number of unbranched alkanes of at least 4 members (excludes halogenated alkanes) is 1. The largest absolute Gasteiger partial charge is 0.468 e. The van der Waals surface area contributed by atoms with Crippen molar-refractivity contribution in [2.75, 3.05) is 13.7 Å². The van der Waals surface area contributed by atoms with Gasteiger partial charge in [0.1, 0.15) is 5.54 Å². The van der Waals surface area contributed by atoms with E-state index in [-0.39, 0.29) is 11.6 Å². The van der Waals surface area contributed by atoms with Gasteiger partial charge < -0.3 is 15.2 Å². The number of carbonyl (C=O) groups is 1. The summed E-state index contributed by atoms with van der Waals surface area (Å²) in [6, 6.07) is 0. The van der Waals surface area contributed by atoms with Gasteiger partial charge in [-0.1, -0.05) is 6.92 Å². The van der Waals surface area contributed by atoms with Gasteiger partial charge in [0.05, 0.1) is 12.7 Å². The summed E-state index contributed by atoms with van der Waals surface area (Å²) in [6.45, 7) is 8.67. The molecule has 0 rings (SSSR count). The Morgan fingerprint density at radius 2 is 1.82 bits per heavy atom. The van der Waals surface area contributed by atoms with E-state index < -0.39 is 5.54 Å². The van der Waals surface area contributed by atoms with Crippen LogP contribution in [-0.2, 0) is 14.3 Å². The van der Waals surface area contributed by atoms with E-state index in [9.17, 15) is 4.79 Å². The second-order valence-electron chi connectivity index (χ2n) is 5.33. The van der Waals surface area contributed by atoms with Crippen LogP contribution in [0.2, 0.25) is 0 Å². The fourth-order valence-electron chi connectivity index (χ4n) is 1.38. The quantitative estimate of drug-likeness (QED) is 0.526. The summed E-state index contributed by atoms with van der Waals surface area (Å²) in [5, 5.41) is 0. The molecule has 0 aromatic rings. The molecule has 2 N–H and O–H groups in total. The van der Waals surface area contributed by atoms with Gasteiger partial charge in [0.25, 0.3) is 0 Å². The zero-order valence-corrected chi connectivity index (χ0v) is 11.8. The van der Waals surface area contributed by atoms with Crippen molar-refractivity contribution < 1.29 is 14.3 Å². The lowest BCUT2D eigenvalue weighted by Gasteiger charge is -2.24. The molecule has 0 saturated heterocycles. The molecule has 0 radical (unpaired) electrons. The van der Waals surface area contributed by atoms with Gasteiger partial charge in [-0.25, -0.2) is 0 Å². The number of ether oxygens (including phenoxy) is 2. The number of hydrogen-bond donors (Lipinski definition) is 1. The van der Waals surface area contributed by atoms with Crippen molar-refractivity contribution in [1.29, 1.82) is 0 Å². The van der Waals surface area contributed by atoms with E-state index in [0.29, 0.717) is 13.0 Å². The van der Waals surface area contributed by atoms with Crippen molar-refractivity contribution in [3.05, 3.63) is 0 Å². The summed E-state index contributed by atoms with van der Waals surface area (Å²) in [5.74, 6) is -0.354. The SMILES string of the molecule is CCC(C)(C)OCCCCC(C)(N)C(=O)OC. The molecule has 0 amide bonds. The average Bonchev–Trinajstić information content (AvgIpc) is 2.27. The van der Waals surface area contributed by atoms with Crippen LogP contribution in [-0.4, -0.2) is 30.8 Å². The molecule has 0 aromatic carbocycles. The summed E-state index contributed by atoms with van der Waals surface area (Å²) in [6.07, 6.45) is 3.38. The van der Waals surface area contributed by atoms with Crippen LogP contribution in [0, 0.1) is 0 Å². The van der Waals surface area contributed by atoms with Gasteiger partial charge in [0.2, 0.25) is 0 Å². The van der Waals surface area contributed by atoms with Crippen LogP contribution < -0.4 is 5.73 Å². The minimum atomic E-state index is -0.880. The highest BCUT2D eigenvalue weighted by molar-refractivity contribution is 5.79. The molecule has 102 valence electrons. The van der Waals surface area contributed by atoms with Crippen molar-refractivity contribution in [1.82, 2.24) is 0 Å². The topological polar surface area (TPSA) is 61.5 Å². The van der Waals surface area contributed by atoms with E-state index in [1.807, 2.05) is 0 Å². The Morgan fingerprint density at radius 1 is 1.24 bits per heavy atom. The molecule has 0 aliphatic heterocycles. The second kappa shape index (κ2) is 6.97. The standard InChI is InChI=1S/C13H27NO3/c1-6-12(2,3)17-10-8-7-9-13(4,14)11(15)16-5/h6-10,14H2,1-5H3. The van der Waals surface area contributed by atoms with E-state index in [4.69, 9.17) is 10.5 Å². The van der Waals surface area contributed by atoms with Gasteiger partial charge >= 0.3 is 5.97 Å². The monoisotopic (exact) mass is 245 g/mol. The molecule has 4 nitrogen and oxygen atoms in total. The lowest BCUT2D eigenvalue weighted by atomic mass is 9.96. The van der Waals surface area contributed by atoms with E-state index in [0.717, 1.165) is 19.3 Å². The fourth-order valence-corrected chi connectivity index (χ4v) is 1.38. The summed E-state index contributed by atoms with van der Waals surface area (Å²) in [4.78, 5) is 11.3. The smallest absolute Gasteiger partial charge is 0.325 e. The normalized spacial score (nSPS) is 15.4. The van der Waals surface area contributed by atoms with Crippen molar-refractivity contribution in [3.8, 4) is 0 Å². The molecule has 0 aliphatic rings. The van der Waals surface area contributed by atoms with Crippen molar-refractivity contribution in [2.24, 2.45) is 5.73 Å². The lowest BCUT2D eigenvalue weighted by molar-refractivity contribution is -0.146. The number of esters is 1. The highest BCUT2D eigenvalue weighted by atomic mass is 16.5. The zero-order valence-electron chi connectivity index (χ0n) is 11.8. The summed E-state index contributed by atoms with van der Waals surface area (Å²) in [7, 11) is 1.36. The first-order valence-electron chi connectivity index (χ1n) is 6.26. The van der Waals surface area contributed by atoms with Gasteiger partial charge in [0.15, 0.2) is 0 Å². The predicted molar refractivity (Wildman–Crippen MR) is 68.8 cm³/mol. The Hall–Kier alpha value is -0.610. The molecule has 0 saturated carbocycles. The summed E-state index contributed by atoms with van der Waals surface area (Å²) in [5.41, 5.74) is 4.91. The molecule has 0 aromatic heterocycles. The van der Waals surface area contributed by atoms with Crippen molar-refractivity contribution in [2.45, 2.75) is 64.5 Å². The molecular formula is C13H27NO3. The van der Waals surface area contributed by atoms with Crippen LogP contribution >= 0.6 is 0 Å². The third-order valence-electron chi connectivity index (χ3n) is 3.09.